The van der Waals surface area contributed by atoms with E-state index in [1.54, 1.807) is 24.3 Å². The quantitative estimate of drug-likeness (QED) is 0.792. The Morgan fingerprint density at radius 2 is 2.08 bits per heavy atom. The van der Waals surface area contributed by atoms with Gasteiger partial charge in [0.05, 0.1) is 5.38 Å². The Kier molecular flexibility index (Phi) is 4.19. The normalized spacial score (nSPS) is 12.5. The molecule has 1 N–H and O–H groups in total. The third-order valence-electron chi connectivity index (χ3n) is 1.45. The average molecular weight is 221 g/mol. The summed E-state index contributed by atoms with van der Waals surface area (Å²) >= 11 is 11.2. The molecule has 4 heteroatoms. The van der Waals surface area contributed by atoms with Crippen LogP contribution in [0, 0.1) is 0 Å². The molecule has 0 saturated heterocycles. The van der Waals surface area contributed by atoms with E-state index >= 15 is 0 Å². The smallest absolute Gasteiger partial charge is 0.160 e. The van der Waals surface area contributed by atoms with Gasteiger partial charge in [-0.2, -0.15) is 0 Å². The Labute approximate surface area is 87.0 Å². The largest absolute Gasteiger partial charge is 0.504 e. The number of ether oxygens (including phenoxy) is 1. The second kappa shape index (κ2) is 5.20. The number of hydrogen-bond donors (Lipinski definition) is 1. The highest BCUT2D eigenvalue weighted by Crippen LogP contribution is 2.24. The number of phenolic OH excluding ortho intramolecular Hbond substituents is 1. The lowest BCUT2D eigenvalue weighted by Crippen LogP contribution is -2.12. The molecule has 0 saturated carbocycles. The molecule has 1 aromatic rings. The summed E-state index contributed by atoms with van der Waals surface area (Å²) in [6.07, 6.45) is 0. The van der Waals surface area contributed by atoms with Crippen LogP contribution in [0.4, 0.5) is 0 Å². The molecule has 0 spiro atoms. The summed E-state index contributed by atoms with van der Waals surface area (Å²) in [5.74, 6) is 0.869. The summed E-state index contributed by atoms with van der Waals surface area (Å²) in [5.41, 5.74) is 0. The maximum absolute atomic E-state index is 9.30. The van der Waals surface area contributed by atoms with Gasteiger partial charge in [-0.25, -0.2) is 0 Å². The van der Waals surface area contributed by atoms with E-state index in [0.717, 1.165) is 0 Å². The van der Waals surface area contributed by atoms with Gasteiger partial charge in [-0.05, 0) is 12.1 Å². The molecule has 0 bridgehead atoms. The van der Waals surface area contributed by atoms with Crippen molar-refractivity contribution in [1.82, 2.24) is 0 Å². The SMILES string of the molecule is Oc1ccccc1OCC(Cl)CCl. The monoisotopic (exact) mass is 220 g/mol. The Balaban J connectivity index is 2.50. The molecule has 0 aromatic heterocycles. The van der Waals surface area contributed by atoms with Crippen molar-refractivity contribution in [2.75, 3.05) is 12.5 Å². The molecule has 0 aliphatic carbocycles. The van der Waals surface area contributed by atoms with E-state index in [-0.39, 0.29) is 11.1 Å². The van der Waals surface area contributed by atoms with Crippen LogP contribution in [0.5, 0.6) is 11.5 Å². The van der Waals surface area contributed by atoms with E-state index in [2.05, 4.69) is 0 Å². The number of benzene rings is 1. The zero-order valence-electron chi connectivity index (χ0n) is 6.91. The van der Waals surface area contributed by atoms with Crippen LogP contribution in [-0.2, 0) is 0 Å². The van der Waals surface area contributed by atoms with Gasteiger partial charge in [-0.1, -0.05) is 12.1 Å². The summed E-state index contributed by atoms with van der Waals surface area (Å²) in [4.78, 5) is 0. The molecule has 0 fully saturated rings. The molecular formula is C9H10Cl2O2. The van der Waals surface area contributed by atoms with Crippen molar-refractivity contribution in [1.29, 1.82) is 0 Å². The third kappa shape index (κ3) is 3.33. The number of rotatable bonds is 4. The number of aromatic hydroxyl groups is 1. The molecule has 1 aromatic carbocycles. The third-order valence-corrected chi connectivity index (χ3v) is 2.26. The van der Waals surface area contributed by atoms with E-state index in [0.29, 0.717) is 18.2 Å². The average Bonchev–Trinajstić information content (AvgIpc) is 2.16. The summed E-state index contributed by atoms with van der Waals surface area (Å²) in [7, 11) is 0. The van der Waals surface area contributed by atoms with E-state index in [9.17, 15) is 5.11 Å². The highest BCUT2D eigenvalue weighted by atomic mass is 35.5. The van der Waals surface area contributed by atoms with E-state index in [4.69, 9.17) is 27.9 Å². The summed E-state index contributed by atoms with van der Waals surface area (Å²) < 4.78 is 5.22. The first-order valence-corrected chi connectivity index (χ1v) is 4.82. The molecule has 2 nitrogen and oxygen atoms in total. The van der Waals surface area contributed by atoms with E-state index in [1.807, 2.05) is 0 Å². The Morgan fingerprint density at radius 1 is 1.38 bits per heavy atom. The van der Waals surface area contributed by atoms with Gasteiger partial charge in [0.1, 0.15) is 6.61 Å². The van der Waals surface area contributed by atoms with Crippen molar-refractivity contribution in [3.8, 4) is 11.5 Å². The molecule has 0 aliphatic heterocycles. The fourth-order valence-electron chi connectivity index (χ4n) is 0.804. The van der Waals surface area contributed by atoms with Crippen molar-refractivity contribution in [2.24, 2.45) is 0 Å². The van der Waals surface area contributed by atoms with Gasteiger partial charge in [0.15, 0.2) is 11.5 Å². The van der Waals surface area contributed by atoms with Crippen molar-refractivity contribution in [2.45, 2.75) is 5.38 Å². The molecule has 0 aliphatic rings. The van der Waals surface area contributed by atoms with Crippen molar-refractivity contribution in [3.05, 3.63) is 24.3 Å². The predicted molar refractivity (Wildman–Crippen MR) is 54.0 cm³/mol. The number of phenols is 1. The second-order valence-electron chi connectivity index (χ2n) is 2.53. The Morgan fingerprint density at radius 3 is 2.69 bits per heavy atom. The van der Waals surface area contributed by atoms with Crippen molar-refractivity contribution in [3.63, 3.8) is 0 Å². The first-order chi connectivity index (χ1) is 6.24. The van der Waals surface area contributed by atoms with Gasteiger partial charge >= 0.3 is 0 Å². The van der Waals surface area contributed by atoms with Crippen LogP contribution < -0.4 is 4.74 Å². The van der Waals surface area contributed by atoms with Crippen LogP contribution in [0.15, 0.2) is 24.3 Å². The first-order valence-electron chi connectivity index (χ1n) is 3.85. The lowest BCUT2D eigenvalue weighted by atomic mass is 10.3. The zero-order valence-corrected chi connectivity index (χ0v) is 8.42. The predicted octanol–water partition coefficient (Wildman–Crippen LogP) is 2.62. The highest BCUT2D eigenvalue weighted by molar-refractivity contribution is 6.28. The van der Waals surface area contributed by atoms with Gasteiger partial charge in [0, 0.05) is 5.88 Å². The van der Waals surface area contributed by atoms with Gasteiger partial charge in [0.2, 0.25) is 0 Å². The van der Waals surface area contributed by atoms with Gasteiger partial charge in [-0.15, -0.1) is 23.2 Å². The second-order valence-corrected chi connectivity index (χ2v) is 3.46. The number of para-hydroxylation sites is 2. The molecule has 13 heavy (non-hydrogen) atoms. The first kappa shape index (κ1) is 10.5. The van der Waals surface area contributed by atoms with Crippen LogP contribution in [0.3, 0.4) is 0 Å². The fourth-order valence-corrected chi connectivity index (χ4v) is 0.956. The minimum absolute atomic E-state index is 0.112. The molecule has 1 atom stereocenters. The van der Waals surface area contributed by atoms with E-state index < -0.39 is 0 Å². The molecule has 0 amide bonds. The molecular weight excluding hydrogens is 211 g/mol. The van der Waals surface area contributed by atoms with Crippen LogP contribution in [0.25, 0.3) is 0 Å². The van der Waals surface area contributed by atoms with Crippen molar-refractivity contribution < 1.29 is 9.84 Å². The van der Waals surface area contributed by atoms with Crippen LogP contribution in [0.1, 0.15) is 0 Å². The Hall–Kier alpha value is -0.600. The number of halogens is 2. The minimum atomic E-state index is -0.235. The lowest BCUT2D eigenvalue weighted by molar-refractivity contribution is 0.302. The molecule has 1 rings (SSSR count). The molecule has 0 heterocycles. The van der Waals surface area contributed by atoms with Crippen LogP contribution >= 0.6 is 23.2 Å². The molecule has 72 valence electrons. The maximum atomic E-state index is 9.30. The molecule has 1 unspecified atom stereocenters. The van der Waals surface area contributed by atoms with E-state index in [1.165, 1.54) is 0 Å². The Bertz CT molecular complexity index is 266. The van der Waals surface area contributed by atoms with Gasteiger partial charge < -0.3 is 9.84 Å². The maximum Gasteiger partial charge on any atom is 0.160 e. The van der Waals surface area contributed by atoms with Crippen molar-refractivity contribution >= 4 is 23.2 Å². The summed E-state index contributed by atoms with van der Waals surface area (Å²) in [5, 5.41) is 9.06. The zero-order chi connectivity index (χ0) is 9.68. The number of hydrogen-bond acceptors (Lipinski definition) is 2. The minimum Gasteiger partial charge on any atom is -0.504 e. The van der Waals surface area contributed by atoms with Gasteiger partial charge in [0.25, 0.3) is 0 Å². The van der Waals surface area contributed by atoms with Crippen LogP contribution in [0.2, 0.25) is 0 Å². The highest BCUT2D eigenvalue weighted by Gasteiger charge is 2.05. The summed E-state index contributed by atoms with van der Waals surface area (Å²) in [6, 6.07) is 6.73. The molecule has 0 radical (unpaired) electrons. The van der Waals surface area contributed by atoms with Gasteiger partial charge in [-0.3, -0.25) is 0 Å². The fraction of sp³-hybridized carbons (Fsp3) is 0.333. The topological polar surface area (TPSA) is 29.5 Å². The number of alkyl halides is 2. The van der Waals surface area contributed by atoms with Crippen LogP contribution in [-0.4, -0.2) is 23.0 Å². The lowest BCUT2D eigenvalue weighted by Gasteiger charge is -2.09. The standard InChI is InChI=1S/C9H10Cl2O2/c10-5-7(11)6-13-9-4-2-1-3-8(9)12/h1-4,7,12H,5-6H2. The summed E-state index contributed by atoms with van der Waals surface area (Å²) in [6.45, 7) is 0.294.